The van der Waals surface area contributed by atoms with E-state index < -0.39 is 0 Å². The van der Waals surface area contributed by atoms with Gasteiger partial charge in [-0.3, -0.25) is 4.98 Å². The molecule has 3 unspecified atom stereocenters. The lowest BCUT2D eigenvalue weighted by Crippen LogP contribution is -2.26. The third kappa shape index (κ3) is 2.64. The number of anilines is 1. The van der Waals surface area contributed by atoms with Crippen LogP contribution < -0.4 is 11.1 Å². The zero-order valence-electron chi connectivity index (χ0n) is 11.0. The number of thiocarbonyl (C=S) groups is 1. The number of nitrogens with two attached hydrogens (primary N) is 1. The summed E-state index contributed by atoms with van der Waals surface area (Å²) in [6.45, 7) is 4.60. The molecular formula is C14H21N3S. The van der Waals surface area contributed by atoms with E-state index in [0.29, 0.717) is 22.6 Å². The molecule has 1 aromatic heterocycles. The summed E-state index contributed by atoms with van der Waals surface area (Å²) in [6, 6.07) is 4.43. The van der Waals surface area contributed by atoms with Crippen molar-refractivity contribution in [1.29, 1.82) is 0 Å². The molecule has 1 aromatic rings. The number of rotatable bonds is 4. The molecule has 3 atom stereocenters. The summed E-state index contributed by atoms with van der Waals surface area (Å²) in [4.78, 5) is 4.61. The van der Waals surface area contributed by atoms with Crippen molar-refractivity contribution >= 4 is 22.9 Å². The highest BCUT2D eigenvalue weighted by Gasteiger charge is 2.31. The molecule has 2 rings (SSSR count). The smallest absolute Gasteiger partial charge is 0.124 e. The van der Waals surface area contributed by atoms with Crippen molar-refractivity contribution < 1.29 is 0 Å². The van der Waals surface area contributed by atoms with Gasteiger partial charge in [0.05, 0.1) is 5.69 Å². The minimum absolute atomic E-state index is 0.357. The second-order valence-corrected chi connectivity index (χ2v) is 5.56. The van der Waals surface area contributed by atoms with Crippen LogP contribution in [0.5, 0.6) is 0 Å². The first-order valence-electron chi connectivity index (χ1n) is 6.64. The van der Waals surface area contributed by atoms with E-state index in [1.165, 1.54) is 19.3 Å². The monoisotopic (exact) mass is 263 g/mol. The van der Waals surface area contributed by atoms with E-state index in [1.807, 2.05) is 12.1 Å². The molecule has 18 heavy (non-hydrogen) atoms. The number of hydrogen-bond acceptors (Lipinski definition) is 3. The predicted octanol–water partition coefficient (Wildman–Crippen LogP) is 2.95. The summed E-state index contributed by atoms with van der Waals surface area (Å²) in [7, 11) is 0. The number of hydrogen-bond donors (Lipinski definition) is 2. The zero-order valence-corrected chi connectivity index (χ0v) is 11.8. The van der Waals surface area contributed by atoms with E-state index in [1.54, 1.807) is 6.20 Å². The van der Waals surface area contributed by atoms with Gasteiger partial charge in [-0.05, 0) is 36.8 Å². The van der Waals surface area contributed by atoms with E-state index in [0.717, 1.165) is 11.6 Å². The first kappa shape index (κ1) is 13.3. The molecule has 1 saturated carbocycles. The summed E-state index contributed by atoms with van der Waals surface area (Å²) < 4.78 is 0. The molecule has 1 fully saturated rings. The van der Waals surface area contributed by atoms with Crippen LogP contribution in [0, 0.1) is 11.8 Å². The summed E-state index contributed by atoms with van der Waals surface area (Å²) in [5.74, 6) is 1.52. The maximum Gasteiger partial charge on any atom is 0.124 e. The van der Waals surface area contributed by atoms with Crippen molar-refractivity contribution in [3.63, 3.8) is 0 Å². The molecule has 0 spiro atoms. The van der Waals surface area contributed by atoms with Gasteiger partial charge in [0.1, 0.15) is 10.7 Å². The molecule has 3 nitrogen and oxygen atoms in total. The molecule has 0 amide bonds. The summed E-state index contributed by atoms with van der Waals surface area (Å²) in [5, 5.41) is 3.57. The van der Waals surface area contributed by atoms with Crippen molar-refractivity contribution in [2.24, 2.45) is 17.6 Å². The van der Waals surface area contributed by atoms with Crippen molar-refractivity contribution in [2.45, 2.75) is 39.2 Å². The second-order valence-electron chi connectivity index (χ2n) is 5.12. The molecule has 1 aliphatic carbocycles. The van der Waals surface area contributed by atoms with Gasteiger partial charge in [-0.25, -0.2) is 0 Å². The molecule has 0 aliphatic heterocycles. The molecule has 98 valence electrons. The second kappa shape index (κ2) is 5.65. The quantitative estimate of drug-likeness (QED) is 0.820. The van der Waals surface area contributed by atoms with Gasteiger partial charge in [-0.15, -0.1) is 0 Å². The third-order valence-corrected chi connectivity index (χ3v) is 4.33. The minimum atomic E-state index is 0.357. The van der Waals surface area contributed by atoms with Crippen LogP contribution in [-0.4, -0.2) is 16.0 Å². The van der Waals surface area contributed by atoms with Crippen LogP contribution in [0.1, 0.15) is 38.8 Å². The van der Waals surface area contributed by atoms with Gasteiger partial charge in [0.15, 0.2) is 0 Å². The van der Waals surface area contributed by atoms with Gasteiger partial charge >= 0.3 is 0 Å². The molecule has 0 aromatic carbocycles. The fourth-order valence-electron chi connectivity index (χ4n) is 2.95. The molecule has 3 N–H and O–H groups in total. The van der Waals surface area contributed by atoms with E-state index in [-0.39, 0.29) is 0 Å². The fraction of sp³-hybridized carbons (Fsp3) is 0.571. The van der Waals surface area contributed by atoms with Gasteiger partial charge in [0.25, 0.3) is 0 Å². The minimum Gasteiger partial charge on any atom is -0.388 e. The first-order chi connectivity index (χ1) is 8.63. The first-order valence-corrected chi connectivity index (χ1v) is 7.05. The lowest BCUT2D eigenvalue weighted by molar-refractivity contribution is 0.392. The number of nitrogens with zero attached hydrogens (tertiary/aromatic N) is 1. The average molecular weight is 263 g/mol. The third-order valence-electron chi connectivity index (χ3n) is 4.13. The molecule has 1 aliphatic rings. The van der Waals surface area contributed by atoms with Crippen molar-refractivity contribution in [1.82, 2.24) is 4.98 Å². The van der Waals surface area contributed by atoms with Crippen LogP contribution in [0.4, 0.5) is 5.69 Å². The Kier molecular flexibility index (Phi) is 4.17. The largest absolute Gasteiger partial charge is 0.388 e. The Morgan fingerprint density at radius 3 is 2.94 bits per heavy atom. The van der Waals surface area contributed by atoms with Crippen LogP contribution >= 0.6 is 12.2 Å². The summed E-state index contributed by atoms with van der Waals surface area (Å²) in [5.41, 5.74) is 7.38. The summed E-state index contributed by atoms with van der Waals surface area (Å²) in [6.07, 6.45) is 5.50. The molecule has 4 heteroatoms. The van der Waals surface area contributed by atoms with Gasteiger partial charge in [-0.2, -0.15) is 0 Å². The lowest BCUT2D eigenvalue weighted by atomic mass is 9.93. The SMILES string of the molecule is CCC1CCC(Nc2cccnc2C(N)=S)C1C. The Bertz CT molecular complexity index is 433. The molecule has 1 heterocycles. The number of nitrogens with one attached hydrogen (secondary N) is 1. The average Bonchev–Trinajstić information content (AvgIpc) is 2.71. The van der Waals surface area contributed by atoms with Crippen LogP contribution in [0.2, 0.25) is 0 Å². The van der Waals surface area contributed by atoms with Gasteiger partial charge in [0, 0.05) is 12.2 Å². The van der Waals surface area contributed by atoms with Crippen molar-refractivity contribution in [2.75, 3.05) is 5.32 Å². The van der Waals surface area contributed by atoms with E-state index in [9.17, 15) is 0 Å². The maximum absolute atomic E-state index is 5.71. The highest BCUT2D eigenvalue weighted by molar-refractivity contribution is 7.80. The summed E-state index contributed by atoms with van der Waals surface area (Å²) >= 11 is 5.04. The van der Waals surface area contributed by atoms with Gasteiger partial charge in [-0.1, -0.05) is 32.5 Å². The molecule has 0 bridgehead atoms. The van der Waals surface area contributed by atoms with E-state index >= 15 is 0 Å². The zero-order chi connectivity index (χ0) is 13.1. The Hall–Kier alpha value is -1.16. The van der Waals surface area contributed by atoms with Crippen LogP contribution in [0.3, 0.4) is 0 Å². The van der Waals surface area contributed by atoms with Crippen LogP contribution in [0.15, 0.2) is 18.3 Å². The Labute approximate surface area is 114 Å². The lowest BCUT2D eigenvalue weighted by Gasteiger charge is -2.23. The van der Waals surface area contributed by atoms with Gasteiger partial charge < -0.3 is 11.1 Å². The molecular weight excluding hydrogens is 242 g/mol. The Balaban J connectivity index is 2.13. The highest BCUT2D eigenvalue weighted by Crippen LogP contribution is 2.35. The van der Waals surface area contributed by atoms with Gasteiger partial charge in [0.2, 0.25) is 0 Å². The van der Waals surface area contributed by atoms with E-state index in [4.69, 9.17) is 18.0 Å². The van der Waals surface area contributed by atoms with E-state index in [2.05, 4.69) is 24.1 Å². The fourth-order valence-corrected chi connectivity index (χ4v) is 3.11. The number of aromatic nitrogens is 1. The van der Waals surface area contributed by atoms with Crippen molar-refractivity contribution in [3.8, 4) is 0 Å². The normalized spacial score (nSPS) is 27.1. The molecule has 0 saturated heterocycles. The standard InChI is InChI=1S/C14H21N3S/c1-3-10-6-7-11(9(10)2)17-12-5-4-8-16-13(12)14(15)18/h4-5,8-11,17H,3,6-7H2,1-2H3,(H2,15,18). The van der Waals surface area contributed by atoms with Crippen LogP contribution in [-0.2, 0) is 0 Å². The Morgan fingerprint density at radius 2 is 2.33 bits per heavy atom. The highest BCUT2D eigenvalue weighted by atomic mass is 32.1. The molecule has 0 radical (unpaired) electrons. The topological polar surface area (TPSA) is 50.9 Å². The van der Waals surface area contributed by atoms with Crippen molar-refractivity contribution in [3.05, 3.63) is 24.0 Å². The maximum atomic E-state index is 5.71. The Morgan fingerprint density at radius 1 is 1.56 bits per heavy atom. The predicted molar refractivity (Wildman–Crippen MR) is 79.7 cm³/mol. The number of pyridine rings is 1. The van der Waals surface area contributed by atoms with Crippen LogP contribution in [0.25, 0.3) is 0 Å².